The number of fused-ring (bicyclic) bond motifs is 1. The predicted molar refractivity (Wildman–Crippen MR) is 181 cm³/mol. The van der Waals surface area contributed by atoms with Crippen LogP contribution in [0.3, 0.4) is 0 Å². The van der Waals surface area contributed by atoms with Gasteiger partial charge in [0.2, 0.25) is 17.8 Å². The standard InChI is InChI=1S/C31H39N9O13/c1-33-21(44)9-19(30(52)53)38-27(48)17(23(45)24(46)20(43)12-41)8-16(42)6-7-18(29(50)51)37-26(47)13-2-4-14(5-3-13)34-10-15-11-35-25-22(36-15)28(49)40-31(32)39-25/h2-5,11,17-20,23-24,34,41,43,45-46H,6-10,12H2,1H3,(H,33,44)(H,37,47)(H,38,48)(H,50,51)(H,52,53)(H3,32,35,39,40,49)/t17-,18-,19-,20+,23+,24+/m0/s1. The van der Waals surface area contributed by atoms with Crippen LogP contribution in [0.15, 0.2) is 35.3 Å². The predicted octanol–water partition coefficient (Wildman–Crippen LogP) is -3.77. The van der Waals surface area contributed by atoms with Gasteiger partial charge in [-0.3, -0.25) is 29.0 Å². The molecule has 1 aromatic carbocycles. The highest BCUT2D eigenvalue weighted by molar-refractivity contribution is 5.97. The smallest absolute Gasteiger partial charge is 0.326 e. The Hall–Kier alpha value is -6.10. The Morgan fingerprint density at radius 2 is 1.57 bits per heavy atom. The molecule has 0 saturated heterocycles. The number of nitrogens with one attached hydrogen (secondary N) is 5. The number of carboxylic acids is 2. The lowest BCUT2D eigenvalue weighted by atomic mass is 9.88. The average molecular weight is 746 g/mol. The molecule has 0 unspecified atom stereocenters. The first-order chi connectivity index (χ1) is 25.0. The summed E-state index contributed by atoms with van der Waals surface area (Å²) in [6.07, 6.45) is -7.64. The summed E-state index contributed by atoms with van der Waals surface area (Å²) >= 11 is 0. The Morgan fingerprint density at radius 3 is 2.17 bits per heavy atom. The third-order valence-corrected chi connectivity index (χ3v) is 7.83. The summed E-state index contributed by atoms with van der Waals surface area (Å²) in [5.74, 6) is -8.90. The highest BCUT2D eigenvalue weighted by Crippen LogP contribution is 2.19. The fraction of sp³-hybridized carbons (Fsp3) is 0.419. The van der Waals surface area contributed by atoms with Crippen LogP contribution >= 0.6 is 0 Å². The summed E-state index contributed by atoms with van der Waals surface area (Å²) in [7, 11) is 1.22. The van der Waals surface area contributed by atoms with Gasteiger partial charge in [-0.05, 0) is 30.7 Å². The van der Waals surface area contributed by atoms with E-state index in [9.17, 15) is 59.1 Å². The van der Waals surface area contributed by atoms with Crippen molar-refractivity contribution in [2.45, 2.75) is 62.6 Å². The molecule has 0 bridgehead atoms. The van der Waals surface area contributed by atoms with Crippen LogP contribution in [0.5, 0.6) is 0 Å². The van der Waals surface area contributed by atoms with Gasteiger partial charge < -0.3 is 57.6 Å². The first kappa shape index (κ1) is 41.3. The number of H-pyrrole nitrogens is 1. The quantitative estimate of drug-likeness (QED) is 0.0528. The van der Waals surface area contributed by atoms with Crippen LogP contribution in [0, 0.1) is 5.92 Å². The largest absolute Gasteiger partial charge is 0.480 e. The first-order valence-corrected chi connectivity index (χ1v) is 15.8. The zero-order chi connectivity index (χ0) is 39.4. The molecule has 0 aliphatic carbocycles. The fourth-order valence-electron chi connectivity index (χ4n) is 4.85. The second-order valence-electron chi connectivity index (χ2n) is 11.7. The van der Waals surface area contributed by atoms with Crippen molar-refractivity contribution in [2.75, 3.05) is 24.7 Å². The van der Waals surface area contributed by atoms with Gasteiger partial charge in [0.05, 0.1) is 43.5 Å². The molecule has 3 amide bonds. The Kier molecular flexibility index (Phi) is 14.8. The number of nitrogens with zero attached hydrogens (tertiary/aromatic N) is 3. The molecule has 6 atom stereocenters. The number of aliphatic hydroxyl groups excluding tert-OH is 4. The first-order valence-electron chi connectivity index (χ1n) is 15.8. The van der Waals surface area contributed by atoms with Gasteiger partial charge in [0.15, 0.2) is 11.2 Å². The number of nitrogen functional groups attached to an aromatic ring is 1. The normalized spacial score (nSPS) is 14.5. The Labute approximate surface area is 298 Å². The molecular formula is C31H39N9O13. The number of nitrogens with two attached hydrogens (primary N) is 1. The Morgan fingerprint density at radius 1 is 0.906 bits per heavy atom. The molecule has 13 N–H and O–H groups in total. The number of amides is 3. The van der Waals surface area contributed by atoms with E-state index in [-0.39, 0.29) is 29.2 Å². The van der Waals surface area contributed by atoms with E-state index in [2.05, 4.69) is 35.9 Å². The van der Waals surface area contributed by atoms with Crippen LogP contribution in [0.4, 0.5) is 11.6 Å². The molecule has 0 fully saturated rings. The second-order valence-corrected chi connectivity index (χ2v) is 11.7. The van der Waals surface area contributed by atoms with Gasteiger partial charge in [0.25, 0.3) is 11.5 Å². The summed E-state index contributed by atoms with van der Waals surface area (Å²) in [4.78, 5) is 101. The van der Waals surface area contributed by atoms with E-state index in [0.717, 1.165) is 0 Å². The molecule has 3 aromatic rings. The molecule has 3 rings (SSSR count). The van der Waals surface area contributed by atoms with E-state index < -0.39 is 110 Å². The number of anilines is 2. The van der Waals surface area contributed by atoms with Crippen molar-refractivity contribution in [3.63, 3.8) is 0 Å². The van der Waals surface area contributed by atoms with Gasteiger partial charge in [0.1, 0.15) is 30.1 Å². The van der Waals surface area contributed by atoms with Crippen LogP contribution in [-0.4, -0.2) is 130 Å². The molecule has 0 aliphatic rings. The molecule has 22 heteroatoms. The minimum Gasteiger partial charge on any atom is -0.480 e. The van der Waals surface area contributed by atoms with Gasteiger partial charge in [-0.1, -0.05) is 0 Å². The maximum atomic E-state index is 13.0. The van der Waals surface area contributed by atoms with Crippen molar-refractivity contribution < 1.29 is 59.4 Å². The van der Waals surface area contributed by atoms with Crippen molar-refractivity contribution in [1.29, 1.82) is 0 Å². The maximum Gasteiger partial charge on any atom is 0.326 e. The summed E-state index contributed by atoms with van der Waals surface area (Å²) in [5.41, 5.74) is 5.97. The van der Waals surface area contributed by atoms with E-state index in [1.165, 1.54) is 37.5 Å². The minimum absolute atomic E-state index is 0.0109. The molecule has 2 heterocycles. The lowest BCUT2D eigenvalue weighted by Crippen LogP contribution is -2.52. The molecular weight excluding hydrogens is 706 g/mol. The van der Waals surface area contributed by atoms with E-state index in [1.807, 2.05) is 5.32 Å². The molecule has 286 valence electrons. The van der Waals surface area contributed by atoms with Gasteiger partial charge in [0, 0.05) is 31.1 Å². The average Bonchev–Trinajstić information content (AvgIpc) is 3.13. The number of hydrogen-bond acceptors (Lipinski definition) is 16. The molecule has 0 aliphatic heterocycles. The number of aliphatic hydroxyl groups is 4. The van der Waals surface area contributed by atoms with E-state index in [4.69, 9.17) is 10.8 Å². The van der Waals surface area contributed by atoms with Crippen molar-refractivity contribution >= 4 is 58.2 Å². The molecule has 2 aromatic heterocycles. The highest BCUT2D eigenvalue weighted by Gasteiger charge is 2.38. The number of rotatable bonds is 20. The Bertz CT molecular complexity index is 1870. The van der Waals surface area contributed by atoms with Crippen molar-refractivity contribution in [3.05, 3.63) is 52.1 Å². The number of carboxylic acid groups (broad SMARTS) is 2. The Balaban J connectivity index is 1.63. The van der Waals surface area contributed by atoms with Crippen LogP contribution < -0.4 is 32.6 Å². The number of aromatic amines is 1. The monoisotopic (exact) mass is 745 g/mol. The van der Waals surface area contributed by atoms with Gasteiger partial charge in [-0.25, -0.2) is 19.6 Å². The number of carbonyl (C=O) groups is 6. The summed E-state index contributed by atoms with van der Waals surface area (Å²) in [5, 5.41) is 68.4. The summed E-state index contributed by atoms with van der Waals surface area (Å²) in [6, 6.07) is 2.38. The number of carbonyl (C=O) groups excluding carboxylic acids is 4. The van der Waals surface area contributed by atoms with Crippen LogP contribution in [0.1, 0.15) is 41.7 Å². The van der Waals surface area contributed by atoms with Gasteiger partial charge in [-0.2, -0.15) is 4.98 Å². The summed E-state index contributed by atoms with van der Waals surface area (Å²) in [6.45, 7) is -0.920. The van der Waals surface area contributed by atoms with Crippen LogP contribution in [0.25, 0.3) is 11.2 Å². The fourth-order valence-corrected chi connectivity index (χ4v) is 4.85. The van der Waals surface area contributed by atoms with Gasteiger partial charge >= 0.3 is 11.9 Å². The van der Waals surface area contributed by atoms with Crippen molar-refractivity contribution in [2.24, 2.45) is 5.92 Å². The lowest BCUT2D eigenvalue weighted by Gasteiger charge is -2.29. The lowest BCUT2D eigenvalue weighted by molar-refractivity contribution is -0.148. The molecule has 0 radical (unpaired) electrons. The highest BCUT2D eigenvalue weighted by atomic mass is 16.4. The number of ketones is 1. The van der Waals surface area contributed by atoms with Crippen molar-refractivity contribution in [3.8, 4) is 0 Å². The SMILES string of the molecule is CNC(=O)C[C@H](NC(=O)[C@@H](CC(=O)CC[C@H](NC(=O)c1ccc(NCc2cnc3nc(N)[nH]c(=O)c3n2)cc1)C(=O)O)[C@@H](O)[C@H](O)[C@H](O)CO)C(=O)O. The second kappa shape index (κ2) is 18.9. The van der Waals surface area contributed by atoms with Gasteiger partial charge in [-0.15, -0.1) is 0 Å². The summed E-state index contributed by atoms with van der Waals surface area (Å²) < 4.78 is 0. The third-order valence-electron chi connectivity index (χ3n) is 7.83. The maximum absolute atomic E-state index is 13.0. The van der Waals surface area contributed by atoms with E-state index in [1.54, 1.807) is 0 Å². The molecule has 0 saturated carbocycles. The number of benzene rings is 1. The molecule has 22 nitrogen and oxygen atoms in total. The van der Waals surface area contributed by atoms with Crippen molar-refractivity contribution in [1.82, 2.24) is 35.9 Å². The minimum atomic E-state index is -2.22. The topological polar surface area (TPSA) is 369 Å². The number of hydrogen-bond donors (Lipinski definition) is 12. The number of aromatic nitrogens is 4. The van der Waals surface area contributed by atoms with E-state index >= 15 is 0 Å². The van der Waals surface area contributed by atoms with Crippen LogP contribution in [-0.2, 0) is 30.5 Å². The van der Waals surface area contributed by atoms with Crippen LogP contribution in [0.2, 0.25) is 0 Å². The zero-order valence-electron chi connectivity index (χ0n) is 28.1. The number of aliphatic carboxylic acids is 2. The zero-order valence-corrected chi connectivity index (χ0v) is 28.1. The third kappa shape index (κ3) is 11.7. The molecule has 53 heavy (non-hydrogen) atoms. The molecule has 0 spiro atoms. The van der Waals surface area contributed by atoms with E-state index in [0.29, 0.717) is 11.4 Å². The number of Topliss-reactive ketones (excluding diaryl/α,β-unsaturated/α-hetero) is 1.